The molecule has 0 N–H and O–H groups in total. The SMILES string of the molecule is CC(=O)C(C)=C(C)[O-].CC(=O)C(C)=C(C)[O-].CC(=O)C(C)=C(C)[O-].[Cr+3]. The van der Waals surface area contributed by atoms with Crippen LogP contribution < -0.4 is 15.3 Å². The predicted octanol–water partition coefficient (Wildman–Crippen LogP) is 0.686. The van der Waals surface area contributed by atoms with E-state index in [1.54, 1.807) is 0 Å². The monoisotopic (exact) mass is 391 g/mol. The zero-order chi connectivity index (χ0) is 20.2. The molecular formula is C18H27CrO6. The van der Waals surface area contributed by atoms with Gasteiger partial charge in [0, 0.05) is 0 Å². The van der Waals surface area contributed by atoms with Crippen molar-refractivity contribution in [2.24, 2.45) is 0 Å². The molecule has 0 rings (SSSR count). The average Bonchev–Trinajstić information content (AvgIpc) is 2.45. The first-order chi connectivity index (χ1) is 10.7. The average molecular weight is 391 g/mol. The van der Waals surface area contributed by atoms with E-state index < -0.39 is 0 Å². The number of rotatable bonds is 3. The number of ketones is 3. The zero-order valence-corrected chi connectivity index (χ0v) is 17.6. The third kappa shape index (κ3) is 18.3. The van der Waals surface area contributed by atoms with Crippen LogP contribution in [0.1, 0.15) is 62.3 Å². The van der Waals surface area contributed by atoms with Crippen LogP contribution in [0.2, 0.25) is 0 Å². The summed E-state index contributed by atoms with van der Waals surface area (Å²) in [6.07, 6.45) is 0. The summed E-state index contributed by atoms with van der Waals surface area (Å²) >= 11 is 0. The Hall–Kier alpha value is -1.84. The summed E-state index contributed by atoms with van der Waals surface area (Å²) in [5.41, 5.74) is 0.972. The summed E-state index contributed by atoms with van der Waals surface area (Å²) in [5.74, 6) is -0.847. The van der Waals surface area contributed by atoms with Crippen LogP contribution >= 0.6 is 0 Å². The topological polar surface area (TPSA) is 120 Å². The molecule has 7 heteroatoms. The van der Waals surface area contributed by atoms with E-state index in [1.807, 2.05) is 0 Å². The van der Waals surface area contributed by atoms with Gasteiger partial charge in [0.05, 0.1) is 0 Å². The fourth-order valence-electron chi connectivity index (χ4n) is 0.744. The van der Waals surface area contributed by atoms with Gasteiger partial charge in [0.1, 0.15) is 0 Å². The minimum atomic E-state index is -0.141. The third-order valence-corrected chi connectivity index (χ3v) is 3.17. The summed E-state index contributed by atoms with van der Waals surface area (Å²) in [5, 5.41) is 31.0. The summed E-state index contributed by atoms with van der Waals surface area (Å²) in [6.45, 7) is 12.9. The standard InChI is InChI=1S/3C6H10O2.Cr/c3*1-4(5(2)7)6(3)8;/h3*7H,1-3H3;/q;;;+3/p-3. The minimum Gasteiger partial charge on any atom is -0.875 e. The summed E-state index contributed by atoms with van der Waals surface area (Å²) in [6, 6.07) is 0. The molecule has 6 nitrogen and oxygen atoms in total. The molecule has 0 fully saturated rings. The minimum absolute atomic E-state index is 0. The van der Waals surface area contributed by atoms with Crippen LogP contribution in [0.5, 0.6) is 0 Å². The second-order valence-electron chi connectivity index (χ2n) is 5.21. The Labute approximate surface area is 161 Å². The molecule has 0 aliphatic carbocycles. The molecule has 141 valence electrons. The van der Waals surface area contributed by atoms with Crippen molar-refractivity contribution in [1.82, 2.24) is 0 Å². The molecule has 0 saturated heterocycles. The molecule has 0 spiro atoms. The van der Waals surface area contributed by atoms with Gasteiger partial charge in [-0.3, -0.25) is 14.4 Å². The molecule has 0 aliphatic heterocycles. The molecule has 0 aromatic rings. The van der Waals surface area contributed by atoms with Gasteiger partial charge >= 0.3 is 17.4 Å². The van der Waals surface area contributed by atoms with E-state index in [4.69, 9.17) is 0 Å². The van der Waals surface area contributed by atoms with Crippen molar-refractivity contribution in [1.29, 1.82) is 0 Å². The number of Topliss-reactive ketones (excluding diaryl/α,β-unsaturated/α-hetero) is 3. The van der Waals surface area contributed by atoms with E-state index in [9.17, 15) is 29.7 Å². The van der Waals surface area contributed by atoms with Gasteiger partial charge in [0.2, 0.25) is 0 Å². The van der Waals surface area contributed by atoms with Crippen molar-refractivity contribution < 1.29 is 47.1 Å². The number of carbonyl (C=O) groups excluding carboxylic acids is 3. The van der Waals surface area contributed by atoms with E-state index in [2.05, 4.69) is 0 Å². The molecule has 1 radical (unpaired) electrons. The van der Waals surface area contributed by atoms with Crippen molar-refractivity contribution >= 4 is 17.3 Å². The molecule has 0 saturated carbocycles. The molecule has 0 aromatic heterocycles. The van der Waals surface area contributed by atoms with E-state index in [-0.39, 0.29) is 52.0 Å². The number of hydrogen-bond acceptors (Lipinski definition) is 6. The van der Waals surface area contributed by atoms with Crippen molar-refractivity contribution in [3.05, 3.63) is 34.0 Å². The fraction of sp³-hybridized carbons (Fsp3) is 0.500. The van der Waals surface area contributed by atoms with Gasteiger partial charge in [-0.15, -0.1) is 17.3 Å². The summed E-state index contributed by atoms with van der Waals surface area (Å²) in [4.78, 5) is 31.0. The second kappa shape index (κ2) is 15.7. The van der Waals surface area contributed by atoms with E-state index >= 15 is 0 Å². The number of hydrogen-bond donors (Lipinski definition) is 0. The van der Waals surface area contributed by atoms with Gasteiger partial charge in [-0.1, -0.05) is 20.8 Å². The first kappa shape index (κ1) is 31.0. The molecular weight excluding hydrogens is 364 g/mol. The van der Waals surface area contributed by atoms with Gasteiger partial charge in [0.15, 0.2) is 17.3 Å². The first-order valence-corrected chi connectivity index (χ1v) is 7.22. The van der Waals surface area contributed by atoms with Crippen molar-refractivity contribution in [2.45, 2.75) is 62.3 Å². The Morgan fingerprint density at radius 1 is 0.440 bits per heavy atom. The number of allylic oxidation sites excluding steroid dienone is 6. The fourth-order valence-corrected chi connectivity index (χ4v) is 0.744. The molecule has 0 aliphatic rings. The Morgan fingerprint density at radius 2 is 0.560 bits per heavy atom. The quantitative estimate of drug-likeness (QED) is 0.515. The molecule has 0 bridgehead atoms. The summed E-state index contributed by atoms with van der Waals surface area (Å²) in [7, 11) is 0. The van der Waals surface area contributed by atoms with E-state index in [0.717, 1.165) is 0 Å². The Kier molecular flexibility index (Phi) is 19.4. The maximum atomic E-state index is 10.3. The van der Waals surface area contributed by atoms with Gasteiger partial charge in [0.25, 0.3) is 0 Å². The van der Waals surface area contributed by atoms with Crippen LogP contribution in [0.3, 0.4) is 0 Å². The van der Waals surface area contributed by atoms with Crippen molar-refractivity contribution in [3.8, 4) is 0 Å². The Morgan fingerprint density at radius 3 is 0.560 bits per heavy atom. The maximum absolute atomic E-state index is 10.3. The first-order valence-electron chi connectivity index (χ1n) is 7.22. The van der Waals surface area contributed by atoms with Crippen LogP contribution in [0.25, 0.3) is 0 Å². The van der Waals surface area contributed by atoms with Crippen molar-refractivity contribution in [3.63, 3.8) is 0 Å². The normalized spacial score (nSPS) is 12.4. The zero-order valence-electron chi connectivity index (χ0n) is 16.4. The predicted molar refractivity (Wildman–Crippen MR) is 87.2 cm³/mol. The van der Waals surface area contributed by atoms with Gasteiger partial charge < -0.3 is 15.3 Å². The van der Waals surface area contributed by atoms with E-state index in [1.165, 1.54) is 62.3 Å². The van der Waals surface area contributed by atoms with E-state index in [0.29, 0.717) is 16.7 Å². The van der Waals surface area contributed by atoms with Gasteiger partial charge in [-0.2, -0.15) is 0 Å². The molecule has 25 heavy (non-hydrogen) atoms. The van der Waals surface area contributed by atoms with Crippen LogP contribution in [0.15, 0.2) is 34.0 Å². The molecule has 0 atom stereocenters. The van der Waals surface area contributed by atoms with Gasteiger partial charge in [-0.05, 0) is 58.3 Å². The van der Waals surface area contributed by atoms with Crippen LogP contribution in [-0.4, -0.2) is 17.3 Å². The molecule has 0 unspecified atom stereocenters. The van der Waals surface area contributed by atoms with Crippen LogP contribution in [0.4, 0.5) is 0 Å². The smallest absolute Gasteiger partial charge is 0.875 e. The third-order valence-electron chi connectivity index (χ3n) is 3.17. The maximum Gasteiger partial charge on any atom is 3.00 e. The largest absolute Gasteiger partial charge is 3.00 e. The molecule has 0 heterocycles. The van der Waals surface area contributed by atoms with Crippen LogP contribution in [-0.2, 0) is 31.7 Å². The summed E-state index contributed by atoms with van der Waals surface area (Å²) < 4.78 is 0. The molecule has 0 amide bonds. The van der Waals surface area contributed by atoms with Gasteiger partial charge in [-0.25, -0.2) is 0 Å². The van der Waals surface area contributed by atoms with Crippen LogP contribution in [0, 0.1) is 0 Å². The second-order valence-corrected chi connectivity index (χ2v) is 5.21. The number of carbonyl (C=O) groups is 3. The van der Waals surface area contributed by atoms with Crippen molar-refractivity contribution in [2.75, 3.05) is 0 Å². The molecule has 0 aromatic carbocycles. The Bertz CT molecular complexity index is 475. The Balaban J connectivity index is -0.000000130.